The molecule has 0 radical (unpaired) electrons. The average molecular weight is 364 g/mol. The number of benzene rings is 1. The van der Waals surface area contributed by atoms with Gasteiger partial charge in [-0.25, -0.2) is 0 Å². The summed E-state index contributed by atoms with van der Waals surface area (Å²) in [5.74, 6) is 0. The lowest BCUT2D eigenvalue weighted by Crippen LogP contribution is -2.06. The highest BCUT2D eigenvalue weighted by atomic mass is 79.9. The monoisotopic (exact) mass is 363 g/mol. The molecule has 0 saturated heterocycles. The molecule has 1 aromatic heterocycles. The maximum atomic E-state index is 12.6. The van der Waals surface area contributed by atoms with Crippen LogP contribution in [0.5, 0.6) is 0 Å². The highest BCUT2D eigenvalue weighted by Gasteiger charge is 2.30. The van der Waals surface area contributed by atoms with Gasteiger partial charge in [0.15, 0.2) is 0 Å². The molecule has 0 aliphatic heterocycles. The number of nitrogens with one attached hydrogen (secondary N) is 1. The summed E-state index contributed by atoms with van der Waals surface area (Å²) in [5, 5.41) is 3.14. The Hall–Kier alpha value is -1.01. The van der Waals surface area contributed by atoms with Crippen LogP contribution in [-0.4, -0.2) is 0 Å². The fourth-order valence-corrected chi connectivity index (χ4v) is 3.14. The van der Waals surface area contributed by atoms with Gasteiger partial charge in [-0.3, -0.25) is 0 Å². The van der Waals surface area contributed by atoms with Crippen molar-refractivity contribution < 1.29 is 13.2 Å². The highest BCUT2D eigenvalue weighted by molar-refractivity contribution is 9.10. The van der Waals surface area contributed by atoms with Gasteiger partial charge < -0.3 is 5.32 Å². The van der Waals surface area contributed by atoms with E-state index in [4.69, 9.17) is 0 Å². The second-order valence-corrected chi connectivity index (χ2v) is 6.37. The first-order valence-electron chi connectivity index (χ1n) is 6.08. The fraction of sp³-hybridized carbons (Fsp3) is 0.286. The van der Waals surface area contributed by atoms with E-state index in [0.29, 0.717) is 16.7 Å². The molecule has 0 aliphatic carbocycles. The number of rotatable bonds is 4. The normalized spacial score (nSPS) is 11.7. The third-order valence-corrected chi connectivity index (χ3v) is 4.70. The van der Waals surface area contributed by atoms with Gasteiger partial charge in [-0.15, -0.1) is 11.3 Å². The first kappa shape index (κ1) is 15.4. The Labute approximate surface area is 128 Å². The number of anilines is 1. The lowest BCUT2D eigenvalue weighted by molar-refractivity contribution is -0.137. The summed E-state index contributed by atoms with van der Waals surface area (Å²) < 4.78 is 38.1. The standard InChI is InChI=1S/C14H13BrF3NS/c1-2-10-4-5-11(20-10)8-19-13-6-3-9(7-12(13)15)14(16,17)18/h3-7,19H,2,8H2,1H3. The zero-order valence-electron chi connectivity index (χ0n) is 10.7. The minimum Gasteiger partial charge on any atom is -0.379 e. The van der Waals surface area contributed by atoms with Gasteiger partial charge in [0.25, 0.3) is 0 Å². The second kappa shape index (κ2) is 6.18. The molecular formula is C14H13BrF3NS. The van der Waals surface area contributed by atoms with Gasteiger partial charge in [-0.05, 0) is 52.7 Å². The Bertz CT molecular complexity index is 592. The molecule has 0 atom stereocenters. The van der Waals surface area contributed by atoms with Crippen molar-refractivity contribution >= 4 is 33.0 Å². The molecule has 0 unspecified atom stereocenters. The number of hydrogen-bond acceptors (Lipinski definition) is 2. The smallest absolute Gasteiger partial charge is 0.379 e. The molecule has 0 spiro atoms. The maximum Gasteiger partial charge on any atom is 0.416 e. The minimum atomic E-state index is -4.31. The van der Waals surface area contributed by atoms with Gasteiger partial charge in [0.05, 0.1) is 5.56 Å². The van der Waals surface area contributed by atoms with Crippen molar-refractivity contribution in [1.82, 2.24) is 0 Å². The third-order valence-electron chi connectivity index (χ3n) is 2.82. The van der Waals surface area contributed by atoms with E-state index >= 15 is 0 Å². The van der Waals surface area contributed by atoms with Crippen LogP contribution >= 0.6 is 27.3 Å². The summed E-state index contributed by atoms with van der Waals surface area (Å²) in [6, 6.07) is 7.73. The zero-order chi connectivity index (χ0) is 14.8. The van der Waals surface area contributed by atoms with Crippen molar-refractivity contribution in [3.8, 4) is 0 Å². The Morgan fingerprint density at radius 2 is 1.85 bits per heavy atom. The number of aryl methyl sites for hydroxylation is 1. The Balaban J connectivity index is 2.06. The van der Waals surface area contributed by atoms with E-state index in [0.717, 1.165) is 23.4 Å². The molecule has 108 valence electrons. The Kier molecular flexibility index (Phi) is 4.75. The summed E-state index contributed by atoms with van der Waals surface area (Å²) >= 11 is 4.88. The first-order valence-corrected chi connectivity index (χ1v) is 7.69. The van der Waals surface area contributed by atoms with Gasteiger partial charge >= 0.3 is 6.18 Å². The summed E-state index contributed by atoms with van der Waals surface area (Å²) in [5.41, 5.74) is 0.00349. The molecule has 6 heteroatoms. The fourth-order valence-electron chi connectivity index (χ4n) is 1.72. The van der Waals surface area contributed by atoms with Gasteiger partial charge in [0, 0.05) is 26.5 Å². The van der Waals surface area contributed by atoms with Crippen LogP contribution in [-0.2, 0) is 19.1 Å². The SMILES string of the molecule is CCc1ccc(CNc2ccc(C(F)(F)F)cc2Br)s1. The predicted octanol–water partition coefficient (Wildman–Crippen LogP) is 5.70. The molecule has 0 aliphatic rings. The summed E-state index contributed by atoms with van der Waals surface area (Å²) in [6.45, 7) is 2.70. The number of thiophene rings is 1. The van der Waals surface area contributed by atoms with E-state index in [-0.39, 0.29) is 0 Å². The van der Waals surface area contributed by atoms with E-state index in [9.17, 15) is 13.2 Å². The van der Waals surface area contributed by atoms with Crippen molar-refractivity contribution in [2.45, 2.75) is 26.1 Å². The van der Waals surface area contributed by atoms with Crippen molar-refractivity contribution in [2.24, 2.45) is 0 Å². The van der Waals surface area contributed by atoms with Crippen LogP contribution in [0.1, 0.15) is 22.2 Å². The number of hydrogen-bond donors (Lipinski definition) is 1. The summed E-state index contributed by atoms with van der Waals surface area (Å²) in [6.07, 6.45) is -3.32. The average Bonchev–Trinajstić information content (AvgIpc) is 2.84. The van der Waals surface area contributed by atoms with Crippen molar-refractivity contribution in [3.63, 3.8) is 0 Å². The van der Waals surface area contributed by atoms with Crippen LogP contribution < -0.4 is 5.32 Å². The first-order chi connectivity index (χ1) is 9.40. The Morgan fingerprint density at radius 3 is 2.40 bits per heavy atom. The molecule has 20 heavy (non-hydrogen) atoms. The van der Waals surface area contributed by atoms with Crippen molar-refractivity contribution in [2.75, 3.05) is 5.32 Å². The topological polar surface area (TPSA) is 12.0 Å². The summed E-state index contributed by atoms with van der Waals surface area (Å²) in [7, 11) is 0. The second-order valence-electron chi connectivity index (χ2n) is 4.27. The largest absolute Gasteiger partial charge is 0.416 e. The lowest BCUT2D eigenvalue weighted by Gasteiger charge is -2.11. The quantitative estimate of drug-likeness (QED) is 0.733. The number of halogens is 4. The minimum absolute atomic E-state index is 0.416. The van der Waals surface area contributed by atoms with Crippen molar-refractivity contribution in [1.29, 1.82) is 0 Å². The molecule has 2 aromatic rings. The van der Waals surface area contributed by atoms with E-state index in [2.05, 4.69) is 34.2 Å². The molecule has 2 rings (SSSR count). The van der Waals surface area contributed by atoms with Gasteiger partial charge in [-0.1, -0.05) is 6.92 Å². The van der Waals surface area contributed by atoms with Gasteiger partial charge in [0.1, 0.15) is 0 Å². The molecule has 0 bridgehead atoms. The highest BCUT2D eigenvalue weighted by Crippen LogP contribution is 2.34. The van der Waals surface area contributed by atoms with E-state index in [1.165, 1.54) is 10.9 Å². The van der Waals surface area contributed by atoms with E-state index < -0.39 is 11.7 Å². The van der Waals surface area contributed by atoms with Crippen LogP contribution in [0.4, 0.5) is 18.9 Å². The van der Waals surface area contributed by atoms with Gasteiger partial charge in [0.2, 0.25) is 0 Å². The molecule has 0 amide bonds. The predicted molar refractivity (Wildman–Crippen MR) is 80.2 cm³/mol. The molecule has 1 aromatic carbocycles. The third kappa shape index (κ3) is 3.76. The molecule has 0 fully saturated rings. The van der Waals surface area contributed by atoms with Crippen LogP contribution in [0, 0.1) is 0 Å². The number of alkyl halides is 3. The van der Waals surface area contributed by atoms with Crippen LogP contribution in [0.3, 0.4) is 0 Å². The molecule has 1 heterocycles. The van der Waals surface area contributed by atoms with E-state index in [1.807, 2.05) is 6.07 Å². The maximum absolute atomic E-state index is 12.6. The van der Waals surface area contributed by atoms with Crippen LogP contribution in [0.15, 0.2) is 34.8 Å². The lowest BCUT2D eigenvalue weighted by atomic mass is 10.2. The molecule has 1 nitrogen and oxygen atoms in total. The van der Waals surface area contributed by atoms with Gasteiger partial charge in [-0.2, -0.15) is 13.2 Å². The Morgan fingerprint density at radius 1 is 1.15 bits per heavy atom. The van der Waals surface area contributed by atoms with Crippen LogP contribution in [0.25, 0.3) is 0 Å². The molecule has 1 N–H and O–H groups in total. The summed E-state index contributed by atoms with van der Waals surface area (Å²) in [4.78, 5) is 2.46. The van der Waals surface area contributed by atoms with Crippen molar-refractivity contribution in [3.05, 3.63) is 50.1 Å². The van der Waals surface area contributed by atoms with E-state index in [1.54, 1.807) is 11.3 Å². The molecule has 0 saturated carbocycles. The van der Waals surface area contributed by atoms with Crippen LogP contribution in [0.2, 0.25) is 0 Å². The zero-order valence-corrected chi connectivity index (χ0v) is 13.1. The molecular weight excluding hydrogens is 351 g/mol.